The van der Waals surface area contributed by atoms with Crippen molar-refractivity contribution in [2.75, 3.05) is 11.9 Å². The van der Waals surface area contributed by atoms with Crippen molar-refractivity contribution in [1.82, 2.24) is 19.9 Å². The van der Waals surface area contributed by atoms with E-state index in [0.29, 0.717) is 31.2 Å². The number of rotatable bonds is 4. The van der Waals surface area contributed by atoms with E-state index in [-0.39, 0.29) is 17.8 Å². The third-order valence-corrected chi connectivity index (χ3v) is 5.38. The highest BCUT2D eigenvalue weighted by Gasteiger charge is 2.24. The van der Waals surface area contributed by atoms with E-state index in [9.17, 15) is 9.18 Å². The fraction of sp³-hybridized carbons (Fsp3) is 0.304. The Bertz CT molecular complexity index is 1060. The molecule has 6 nitrogen and oxygen atoms in total. The van der Waals surface area contributed by atoms with Crippen LogP contribution < -0.4 is 5.32 Å². The molecule has 30 heavy (non-hydrogen) atoms. The molecule has 3 aromatic rings. The molecule has 0 fully saturated rings. The van der Waals surface area contributed by atoms with Gasteiger partial charge in [-0.1, -0.05) is 13.0 Å². The fourth-order valence-corrected chi connectivity index (χ4v) is 3.76. The van der Waals surface area contributed by atoms with Crippen molar-refractivity contribution < 1.29 is 9.18 Å². The monoisotopic (exact) mass is 405 g/mol. The van der Waals surface area contributed by atoms with E-state index in [1.807, 2.05) is 18.2 Å². The van der Waals surface area contributed by atoms with Crippen molar-refractivity contribution in [3.05, 3.63) is 71.4 Å². The summed E-state index contributed by atoms with van der Waals surface area (Å²) in [4.78, 5) is 27.2. The van der Waals surface area contributed by atoms with Gasteiger partial charge in [-0.05, 0) is 48.2 Å². The van der Waals surface area contributed by atoms with E-state index in [1.54, 1.807) is 30.3 Å². The minimum Gasteiger partial charge on any atom is -0.363 e. The van der Waals surface area contributed by atoms with Gasteiger partial charge in [-0.3, -0.25) is 9.78 Å². The van der Waals surface area contributed by atoms with Crippen molar-refractivity contribution in [3.63, 3.8) is 0 Å². The molecule has 1 aromatic carbocycles. The van der Waals surface area contributed by atoms with Gasteiger partial charge in [-0.25, -0.2) is 14.4 Å². The first-order chi connectivity index (χ1) is 14.5. The lowest BCUT2D eigenvalue weighted by Gasteiger charge is -2.20. The summed E-state index contributed by atoms with van der Waals surface area (Å²) in [5.41, 5.74) is 3.63. The highest BCUT2D eigenvalue weighted by molar-refractivity contribution is 5.73. The minimum absolute atomic E-state index is 0.0128. The number of nitrogens with one attached hydrogen (secondary N) is 1. The van der Waals surface area contributed by atoms with Crippen LogP contribution in [0.1, 0.15) is 43.1 Å². The summed E-state index contributed by atoms with van der Waals surface area (Å²) in [6.07, 6.45) is 4.92. The zero-order chi connectivity index (χ0) is 21.1. The maximum atomic E-state index is 13.9. The molecule has 1 unspecified atom stereocenters. The van der Waals surface area contributed by atoms with Crippen molar-refractivity contribution in [2.45, 2.75) is 39.3 Å². The SMILES string of the molecule is CCc1cc(NC2CCN(C(C)=O)Cc3cc(F)ccc32)nc(-c2ccncc2)n1. The number of halogens is 1. The van der Waals surface area contributed by atoms with Crippen LogP contribution in [0.15, 0.2) is 48.8 Å². The van der Waals surface area contributed by atoms with Gasteiger partial charge in [0, 0.05) is 49.7 Å². The lowest BCUT2D eigenvalue weighted by molar-refractivity contribution is -0.129. The molecule has 1 atom stereocenters. The van der Waals surface area contributed by atoms with Gasteiger partial charge < -0.3 is 10.2 Å². The molecule has 0 bridgehead atoms. The molecule has 0 saturated heterocycles. The number of hydrogen-bond acceptors (Lipinski definition) is 5. The van der Waals surface area contributed by atoms with Gasteiger partial charge in [0.15, 0.2) is 5.82 Å². The van der Waals surface area contributed by atoms with Crippen LogP contribution in [0.4, 0.5) is 10.2 Å². The van der Waals surface area contributed by atoms with Crippen LogP contribution in [0.5, 0.6) is 0 Å². The Morgan fingerprint density at radius 1 is 1.20 bits per heavy atom. The Hall–Kier alpha value is -3.35. The number of pyridine rings is 1. The first kappa shape index (κ1) is 19.9. The third-order valence-electron chi connectivity index (χ3n) is 5.38. The van der Waals surface area contributed by atoms with Crippen LogP contribution >= 0.6 is 0 Å². The third kappa shape index (κ3) is 4.30. The van der Waals surface area contributed by atoms with Crippen molar-refractivity contribution in [2.24, 2.45) is 0 Å². The molecule has 0 radical (unpaired) electrons. The van der Waals surface area contributed by atoms with E-state index in [2.05, 4.69) is 22.2 Å². The van der Waals surface area contributed by atoms with Crippen molar-refractivity contribution in [1.29, 1.82) is 0 Å². The van der Waals surface area contributed by atoms with E-state index >= 15 is 0 Å². The highest BCUT2D eigenvalue weighted by Crippen LogP contribution is 2.31. The number of aromatic nitrogens is 3. The van der Waals surface area contributed by atoms with Gasteiger partial charge in [0.25, 0.3) is 0 Å². The predicted octanol–water partition coefficient (Wildman–Crippen LogP) is 4.15. The average Bonchev–Trinajstić information content (AvgIpc) is 2.93. The number of amides is 1. The lowest BCUT2D eigenvalue weighted by atomic mass is 9.99. The molecule has 7 heteroatoms. The van der Waals surface area contributed by atoms with E-state index in [4.69, 9.17) is 4.98 Å². The second kappa shape index (κ2) is 8.57. The van der Waals surface area contributed by atoms with Gasteiger partial charge in [0.05, 0.1) is 6.04 Å². The number of anilines is 1. The normalized spacial score (nSPS) is 16.0. The molecule has 0 saturated carbocycles. The first-order valence-corrected chi connectivity index (χ1v) is 10.1. The van der Waals surface area contributed by atoms with Crippen LogP contribution in [0.2, 0.25) is 0 Å². The Balaban J connectivity index is 1.69. The fourth-order valence-electron chi connectivity index (χ4n) is 3.76. The van der Waals surface area contributed by atoms with E-state index < -0.39 is 0 Å². The summed E-state index contributed by atoms with van der Waals surface area (Å²) in [6.45, 7) is 4.60. The van der Waals surface area contributed by atoms with E-state index in [0.717, 1.165) is 28.8 Å². The summed E-state index contributed by atoms with van der Waals surface area (Å²) < 4.78 is 13.9. The Morgan fingerprint density at radius 2 is 2.00 bits per heavy atom. The van der Waals surface area contributed by atoms with E-state index in [1.165, 1.54) is 12.1 Å². The quantitative estimate of drug-likeness (QED) is 0.706. The molecule has 154 valence electrons. The number of carbonyl (C=O) groups excluding carboxylic acids is 1. The summed E-state index contributed by atoms with van der Waals surface area (Å²) in [5, 5.41) is 3.51. The number of carbonyl (C=O) groups is 1. The van der Waals surface area contributed by atoms with Crippen molar-refractivity contribution >= 4 is 11.7 Å². The Morgan fingerprint density at radius 3 is 2.73 bits per heavy atom. The first-order valence-electron chi connectivity index (χ1n) is 10.1. The molecule has 1 amide bonds. The summed E-state index contributed by atoms with van der Waals surface area (Å²) >= 11 is 0. The van der Waals surface area contributed by atoms with Crippen molar-refractivity contribution in [3.8, 4) is 11.4 Å². The average molecular weight is 405 g/mol. The smallest absolute Gasteiger partial charge is 0.219 e. The largest absolute Gasteiger partial charge is 0.363 e. The molecule has 3 heterocycles. The Labute approximate surface area is 175 Å². The van der Waals surface area contributed by atoms with Gasteiger partial charge in [0.1, 0.15) is 11.6 Å². The Kier molecular flexibility index (Phi) is 5.70. The van der Waals surface area contributed by atoms with Gasteiger partial charge in [-0.2, -0.15) is 0 Å². The maximum Gasteiger partial charge on any atom is 0.219 e. The predicted molar refractivity (Wildman–Crippen MR) is 113 cm³/mol. The molecule has 1 N–H and O–H groups in total. The summed E-state index contributed by atoms with van der Waals surface area (Å²) in [5.74, 6) is 1.04. The standard InChI is InChI=1S/C23H24FN5O/c1-3-19-13-22(28-23(26-19)16-6-9-25-10-7-16)27-21-8-11-29(15(2)30)14-17-12-18(24)4-5-20(17)21/h4-7,9-10,12-13,21H,3,8,11,14H2,1-2H3,(H,26,27,28). The molecule has 0 spiro atoms. The maximum absolute atomic E-state index is 13.9. The molecule has 1 aliphatic heterocycles. The number of nitrogens with zero attached hydrogens (tertiary/aromatic N) is 4. The molecule has 0 aliphatic carbocycles. The number of hydrogen-bond donors (Lipinski definition) is 1. The summed E-state index contributed by atoms with van der Waals surface area (Å²) in [7, 11) is 0. The van der Waals surface area contributed by atoms with Gasteiger partial charge in [0.2, 0.25) is 5.91 Å². The lowest BCUT2D eigenvalue weighted by Crippen LogP contribution is -2.28. The van der Waals surface area contributed by atoms with Crippen LogP contribution in [0.3, 0.4) is 0 Å². The zero-order valence-corrected chi connectivity index (χ0v) is 17.1. The molecule has 2 aromatic heterocycles. The molecular formula is C23H24FN5O. The topological polar surface area (TPSA) is 71.0 Å². The minimum atomic E-state index is -0.298. The van der Waals surface area contributed by atoms with Gasteiger partial charge in [-0.15, -0.1) is 0 Å². The second-order valence-corrected chi connectivity index (χ2v) is 7.43. The summed E-state index contributed by atoms with van der Waals surface area (Å²) in [6, 6.07) is 10.4. The van der Waals surface area contributed by atoms with Gasteiger partial charge >= 0.3 is 0 Å². The number of aryl methyl sites for hydroxylation is 1. The highest BCUT2D eigenvalue weighted by atomic mass is 19.1. The van der Waals surface area contributed by atoms with Crippen LogP contribution in [-0.2, 0) is 17.8 Å². The molecule has 4 rings (SSSR count). The zero-order valence-electron chi connectivity index (χ0n) is 17.1. The molecular weight excluding hydrogens is 381 g/mol. The number of benzene rings is 1. The molecule has 1 aliphatic rings. The van der Waals surface area contributed by atoms with Crippen LogP contribution in [-0.4, -0.2) is 32.3 Å². The number of fused-ring (bicyclic) bond motifs is 1. The van der Waals surface area contributed by atoms with Crippen LogP contribution in [0, 0.1) is 5.82 Å². The van der Waals surface area contributed by atoms with Crippen LogP contribution in [0.25, 0.3) is 11.4 Å². The second-order valence-electron chi connectivity index (χ2n) is 7.43.